The van der Waals surface area contributed by atoms with Crippen LogP contribution in [0.25, 0.3) is 11.1 Å². The third-order valence-electron chi connectivity index (χ3n) is 3.37. The van der Waals surface area contributed by atoms with Crippen molar-refractivity contribution >= 4 is 18.9 Å². The first-order valence-electron chi connectivity index (χ1n) is 7.01. The first kappa shape index (κ1) is 17.4. The molecule has 6 heteroatoms. The molecule has 5 nitrogen and oxygen atoms in total. The van der Waals surface area contributed by atoms with E-state index in [-0.39, 0.29) is 11.1 Å². The number of ether oxygens (including phenoxy) is 1. The molecule has 2 aromatic rings. The standard InChI is InChI=1S/C17H19O5P/c1-12-5-7-14(8-6-12)15-9-10-16(22-13(2)18)17(11-15)23(19,20-3)21-4/h5-11H,1-4H3. The molecule has 0 atom stereocenters. The van der Waals surface area contributed by atoms with E-state index in [4.69, 9.17) is 13.8 Å². The maximum absolute atomic E-state index is 12.8. The lowest BCUT2D eigenvalue weighted by molar-refractivity contribution is -0.131. The molecule has 0 bridgehead atoms. The fourth-order valence-electron chi connectivity index (χ4n) is 2.17. The zero-order valence-electron chi connectivity index (χ0n) is 13.5. The second-order valence-electron chi connectivity index (χ2n) is 5.00. The summed E-state index contributed by atoms with van der Waals surface area (Å²) in [7, 11) is -0.977. The molecule has 0 aliphatic rings. The topological polar surface area (TPSA) is 61.8 Å². The van der Waals surface area contributed by atoms with Crippen LogP contribution in [0.3, 0.4) is 0 Å². The molecule has 0 aliphatic carbocycles. The summed E-state index contributed by atoms with van der Waals surface area (Å²) in [5.41, 5.74) is 2.92. The zero-order chi connectivity index (χ0) is 17.0. The highest BCUT2D eigenvalue weighted by Gasteiger charge is 2.30. The van der Waals surface area contributed by atoms with E-state index in [1.165, 1.54) is 21.1 Å². The summed E-state index contributed by atoms with van der Waals surface area (Å²) in [5.74, 6) is -0.339. The van der Waals surface area contributed by atoms with Crippen molar-refractivity contribution in [1.82, 2.24) is 0 Å². The number of benzene rings is 2. The number of hydrogen-bond acceptors (Lipinski definition) is 5. The smallest absolute Gasteiger partial charge is 0.364 e. The van der Waals surface area contributed by atoms with Crippen LogP contribution in [0.5, 0.6) is 5.75 Å². The quantitative estimate of drug-likeness (QED) is 0.474. The van der Waals surface area contributed by atoms with Gasteiger partial charge in [-0.15, -0.1) is 0 Å². The summed E-state index contributed by atoms with van der Waals surface area (Å²) in [4.78, 5) is 11.3. The van der Waals surface area contributed by atoms with Gasteiger partial charge in [-0.2, -0.15) is 0 Å². The van der Waals surface area contributed by atoms with E-state index in [1.54, 1.807) is 18.2 Å². The van der Waals surface area contributed by atoms with Crippen LogP contribution in [0, 0.1) is 6.92 Å². The van der Waals surface area contributed by atoms with E-state index in [1.807, 2.05) is 31.2 Å². The van der Waals surface area contributed by atoms with E-state index in [9.17, 15) is 9.36 Å². The predicted octanol–water partition coefficient (Wildman–Crippen LogP) is 3.70. The van der Waals surface area contributed by atoms with E-state index >= 15 is 0 Å². The fourth-order valence-corrected chi connectivity index (χ4v) is 3.40. The Balaban J connectivity index is 2.59. The van der Waals surface area contributed by atoms with Gasteiger partial charge in [-0.05, 0) is 30.2 Å². The fraction of sp³-hybridized carbons (Fsp3) is 0.235. The van der Waals surface area contributed by atoms with Gasteiger partial charge in [0, 0.05) is 21.1 Å². The number of aryl methyl sites for hydroxylation is 1. The molecular formula is C17H19O5P. The van der Waals surface area contributed by atoms with Crippen LogP contribution >= 0.6 is 7.60 Å². The predicted molar refractivity (Wildman–Crippen MR) is 89.2 cm³/mol. The number of carbonyl (C=O) groups excluding carboxylic acids is 1. The maximum atomic E-state index is 12.8. The second kappa shape index (κ2) is 7.09. The number of esters is 1. The van der Waals surface area contributed by atoms with Gasteiger partial charge in [-0.3, -0.25) is 9.36 Å². The summed E-state index contributed by atoms with van der Waals surface area (Å²) >= 11 is 0. The third-order valence-corrected chi connectivity index (χ3v) is 5.27. The minimum atomic E-state index is -3.56. The summed E-state index contributed by atoms with van der Waals surface area (Å²) in [6.45, 7) is 3.28. The van der Waals surface area contributed by atoms with Crippen LogP contribution in [0.1, 0.15) is 12.5 Å². The van der Waals surface area contributed by atoms with Crippen molar-refractivity contribution in [1.29, 1.82) is 0 Å². The second-order valence-corrected chi connectivity index (χ2v) is 7.21. The monoisotopic (exact) mass is 334 g/mol. The Labute approximate surface area is 135 Å². The minimum Gasteiger partial charge on any atom is -0.426 e. The van der Waals surface area contributed by atoms with Gasteiger partial charge in [-0.1, -0.05) is 35.9 Å². The van der Waals surface area contributed by atoms with Gasteiger partial charge in [0.25, 0.3) is 0 Å². The molecule has 0 aromatic heterocycles. The van der Waals surface area contributed by atoms with Crippen LogP contribution in [0.2, 0.25) is 0 Å². The van der Waals surface area contributed by atoms with E-state index < -0.39 is 13.6 Å². The zero-order valence-corrected chi connectivity index (χ0v) is 14.4. The van der Waals surface area contributed by atoms with Crippen molar-refractivity contribution in [3.63, 3.8) is 0 Å². The molecule has 122 valence electrons. The largest absolute Gasteiger partial charge is 0.426 e. The van der Waals surface area contributed by atoms with Crippen molar-refractivity contribution in [2.24, 2.45) is 0 Å². The van der Waals surface area contributed by atoms with Crippen molar-refractivity contribution in [2.75, 3.05) is 14.2 Å². The lowest BCUT2D eigenvalue weighted by Crippen LogP contribution is -2.15. The molecule has 0 radical (unpaired) electrons. The SMILES string of the molecule is COP(=O)(OC)c1cc(-c2ccc(C)cc2)ccc1OC(C)=O. The number of hydrogen-bond donors (Lipinski definition) is 0. The van der Waals surface area contributed by atoms with Gasteiger partial charge < -0.3 is 13.8 Å². The summed E-state index contributed by atoms with van der Waals surface area (Å²) in [6.07, 6.45) is 0. The molecule has 0 spiro atoms. The molecule has 0 N–H and O–H groups in total. The Kier molecular flexibility index (Phi) is 5.37. The third kappa shape index (κ3) is 3.88. The number of rotatable bonds is 5. The maximum Gasteiger partial charge on any atom is 0.364 e. The van der Waals surface area contributed by atoms with Gasteiger partial charge in [0.15, 0.2) is 0 Å². The van der Waals surface area contributed by atoms with Crippen LogP contribution < -0.4 is 10.0 Å². The van der Waals surface area contributed by atoms with Crippen molar-refractivity contribution < 1.29 is 23.1 Å². The molecule has 0 amide bonds. The highest BCUT2D eigenvalue weighted by atomic mass is 31.2. The normalized spacial score (nSPS) is 11.3. The van der Waals surface area contributed by atoms with Crippen LogP contribution in [-0.4, -0.2) is 20.2 Å². The Morgan fingerprint density at radius 2 is 1.52 bits per heavy atom. The molecule has 0 aliphatic heterocycles. The molecule has 0 heterocycles. The molecular weight excluding hydrogens is 315 g/mol. The molecule has 2 aromatic carbocycles. The van der Waals surface area contributed by atoms with Crippen molar-refractivity contribution in [3.05, 3.63) is 48.0 Å². The summed E-state index contributed by atoms with van der Waals surface area (Å²) < 4.78 is 28.0. The van der Waals surface area contributed by atoms with E-state index in [0.717, 1.165) is 16.7 Å². The van der Waals surface area contributed by atoms with Gasteiger partial charge in [0.2, 0.25) is 0 Å². The molecule has 23 heavy (non-hydrogen) atoms. The van der Waals surface area contributed by atoms with Crippen LogP contribution in [0.15, 0.2) is 42.5 Å². The minimum absolute atomic E-state index is 0.167. The van der Waals surface area contributed by atoms with Crippen molar-refractivity contribution in [3.8, 4) is 16.9 Å². The molecule has 0 unspecified atom stereocenters. The lowest BCUT2D eigenvalue weighted by atomic mass is 10.0. The molecule has 0 saturated heterocycles. The number of carbonyl (C=O) groups is 1. The first-order valence-corrected chi connectivity index (χ1v) is 8.55. The first-order chi connectivity index (χ1) is 10.9. The molecule has 0 fully saturated rings. The lowest BCUT2D eigenvalue weighted by Gasteiger charge is -2.18. The van der Waals surface area contributed by atoms with E-state index in [2.05, 4.69) is 0 Å². The van der Waals surface area contributed by atoms with E-state index in [0.29, 0.717) is 0 Å². The Morgan fingerprint density at radius 1 is 0.957 bits per heavy atom. The van der Waals surface area contributed by atoms with Gasteiger partial charge in [0.1, 0.15) is 11.1 Å². The molecule has 2 rings (SSSR count). The Hall–Kier alpha value is -1.94. The van der Waals surface area contributed by atoms with Gasteiger partial charge in [0.05, 0.1) is 0 Å². The molecule has 0 saturated carbocycles. The summed E-state index contributed by atoms with van der Waals surface area (Å²) in [6, 6.07) is 13.0. The highest BCUT2D eigenvalue weighted by Crippen LogP contribution is 2.48. The average molecular weight is 334 g/mol. The highest BCUT2D eigenvalue weighted by molar-refractivity contribution is 7.62. The van der Waals surface area contributed by atoms with Crippen LogP contribution in [0.4, 0.5) is 0 Å². The Morgan fingerprint density at radius 3 is 2.04 bits per heavy atom. The van der Waals surface area contributed by atoms with Gasteiger partial charge >= 0.3 is 13.6 Å². The average Bonchev–Trinajstić information content (AvgIpc) is 2.55. The summed E-state index contributed by atoms with van der Waals surface area (Å²) in [5, 5.41) is 0.218. The van der Waals surface area contributed by atoms with Crippen LogP contribution in [-0.2, 0) is 18.4 Å². The van der Waals surface area contributed by atoms with Gasteiger partial charge in [-0.25, -0.2) is 0 Å². The Bertz CT molecular complexity index is 744. The van der Waals surface area contributed by atoms with Crippen molar-refractivity contribution in [2.45, 2.75) is 13.8 Å².